The third-order valence-electron chi connectivity index (χ3n) is 5.34. The molecule has 0 amide bonds. The van der Waals surface area contributed by atoms with E-state index in [1.807, 2.05) is 0 Å². The van der Waals surface area contributed by atoms with Crippen molar-refractivity contribution in [3.05, 3.63) is 93.7 Å². The van der Waals surface area contributed by atoms with Gasteiger partial charge < -0.3 is 5.11 Å². The molecule has 150 valence electrons. The number of phenols is 1. The van der Waals surface area contributed by atoms with E-state index in [1.165, 1.54) is 18.3 Å². The summed E-state index contributed by atoms with van der Waals surface area (Å²) in [5.74, 6) is -9.03. The molecule has 0 saturated heterocycles. The molecule has 1 heterocycles. The van der Waals surface area contributed by atoms with Crippen LogP contribution in [0, 0.1) is 34.6 Å². The molecule has 0 bridgehead atoms. The maximum absolute atomic E-state index is 14.6. The van der Waals surface area contributed by atoms with Gasteiger partial charge in [0.1, 0.15) is 5.75 Å². The lowest BCUT2D eigenvalue weighted by Gasteiger charge is -2.09. The molecule has 2 aliphatic rings. The Morgan fingerprint density at radius 2 is 1.55 bits per heavy atom. The number of nitriles is 1. The Balaban J connectivity index is 1.97. The molecule has 1 aromatic heterocycles. The van der Waals surface area contributed by atoms with Crippen LogP contribution in [0.5, 0.6) is 5.75 Å². The average Bonchev–Trinajstić information content (AvgIpc) is 3.23. The SMILES string of the molecule is N#CC=C1/C(=C2/c3cccnc3-c3c(O)cccc32)C(=O)c2c(F)c(F)c(F)c(F)c21. The monoisotopic (exact) mass is 420 g/mol. The molecule has 0 fully saturated rings. The minimum atomic E-state index is -2.11. The van der Waals surface area contributed by atoms with E-state index in [0.717, 1.165) is 6.08 Å². The van der Waals surface area contributed by atoms with Crippen molar-refractivity contribution in [1.29, 1.82) is 5.26 Å². The van der Waals surface area contributed by atoms with Crippen molar-refractivity contribution in [2.75, 3.05) is 0 Å². The number of phenolic OH excluding ortho intramolecular Hbond substituents is 1. The van der Waals surface area contributed by atoms with E-state index in [4.69, 9.17) is 0 Å². The summed E-state index contributed by atoms with van der Waals surface area (Å²) in [6.07, 6.45) is 2.24. The zero-order valence-corrected chi connectivity index (χ0v) is 15.3. The van der Waals surface area contributed by atoms with Crippen LogP contribution in [0.3, 0.4) is 0 Å². The number of hydrogen-bond donors (Lipinski definition) is 1. The van der Waals surface area contributed by atoms with Crippen molar-refractivity contribution in [2.45, 2.75) is 0 Å². The summed E-state index contributed by atoms with van der Waals surface area (Å²) in [5, 5.41) is 19.6. The van der Waals surface area contributed by atoms with Crippen molar-refractivity contribution in [3.63, 3.8) is 0 Å². The molecular weight excluding hydrogens is 412 g/mol. The molecular formula is C23H8F4N2O2. The van der Waals surface area contributed by atoms with Crippen LogP contribution in [0.1, 0.15) is 27.0 Å². The number of hydrogen-bond acceptors (Lipinski definition) is 4. The fourth-order valence-corrected chi connectivity index (χ4v) is 4.15. The van der Waals surface area contributed by atoms with Crippen LogP contribution in [0.2, 0.25) is 0 Å². The molecule has 0 saturated carbocycles. The fourth-order valence-electron chi connectivity index (χ4n) is 4.15. The van der Waals surface area contributed by atoms with E-state index in [-0.39, 0.29) is 22.5 Å². The summed E-state index contributed by atoms with van der Waals surface area (Å²) in [6, 6.07) is 9.26. The first kappa shape index (κ1) is 18.8. The largest absolute Gasteiger partial charge is 0.507 e. The Morgan fingerprint density at radius 3 is 2.26 bits per heavy atom. The maximum Gasteiger partial charge on any atom is 0.198 e. The lowest BCUT2D eigenvalue weighted by Crippen LogP contribution is -2.07. The number of carbonyl (C=O) groups excluding carboxylic acids is 1. The van der Waals surface area contributed by atoms with Gasteiger partial charge >= 0.3 is 0 Å². The predicted molar refractivity (Wildman–Crippen MR) is 102 cm³/mol. The topological polar surface area (TPSA) is 74.0 Å². The van der Waals surface area contributed by atoms with Crippen LogP contribution in [0.4, 0.5) is 17.6 Å². The Morgan fingerprint density at radius 1 is 0.871 bits per heavy atom. The predicted octanol–water partition coefficient (Wildman–Crippen LogP) is 4.93. The minimum absolute atomic E-state index is 0.142. The number of carbonyl (C=O) groups is 1. The Hall–Kier alpha value is -4.25. The van der Waals surface area contributed by atoms with Gasteiger partial charge in [-0.3, -0.25) is 9.78 Å². The molecule has 0 atom stereocenters. The van der Waals surface area contributed by atoms with Gasteiger partial charge in [0.2, 0.25) is 0 Å². The highest BCUT2D eigenvalue weighted by Gasteiger charge is 2.43. The van der Waals surface area contributed by atoms with E-state index in [1.54, 1.807) is 24.3 Å². The summed E-state index contributed by atoms with van der Waals surface area (Å²) in [6.45, 7) is 0. The maximum atomic E-state index is 14.6. The Labute approximate surface area is 172 Å². The zero-order valence-electron chi connectivity index (χ0n) is 15.3. The van der Waals surface area contributed by atoms with Gasteiger partial charge in [-0.1, -0.05) is 18.2 Å². The highest BCUT2D eigenvalue weighted by Crippen LogP contribution is 2.53. The van der Waals surface area contributed by atoms with Gasteiger partial charge in [-0.05, 0) is 17.7 Å². The van der Waals surface area contributed by atoms with Gasteiger partial charge in [-0.15, -0.1) is 0 Å². The number of fused-ring (bicyclic) bond motifs is 4. The van der Waals surface area contributed by atoms with Crippen LogP contribution in [-0.4, -0.2) is 15.9 Å². The number of aromatic hydroxyl groups is 1. The first-order valence-electron chi connectivity index (χ1n) is 8.92. The van der Waals surface area contributed by atoms with Crippen LogP contribution >= 0.6 is 0 Å². The smallest absolute Gasteiger partial charge is 0.198 e. The molecule has 0 radical (unpaired) electrons. The van der Waals surface area contributed by atoms with E-state index < -0.39 is 40.2 Å². The van der Waals surface area contributed by atoms with Gasteiger partial charge in [0.05, 0.1) is 22.9 Å². The standard InChI is InChI=1S/C23H8F4N2O2/c24-18-15-10(6-7-28)16(23(31)17(15)19(25)21(27)20(18)26)13-9-3-1-5-12(30)14(9)22-11(13)4-2-8-29-22/h1-6,8,30H/b10-6?,16-13-. The van der Waals surface area contributed by atoms with Crippen molar-refractivity contribution >= 4 is 16.9 Å². The molecule has 0 spiro atoms. The second-order valence-electron chi connectivity index (χ2n) is 6.87. The van der Waals surface area contributed by atoms with Crippen LogP contribution in [0.25, 0.3) is 22.4 Å². The first-order valence-corrected chi connectivity index (χ1v) is 8.92. The lowest BCUT2D eigenvalue weighted by atomic mass is 9.93. The van der Waals surface area contributed by atoms with E-state index in [0.29, 0.717) is 22.4 Å². The fraction of sp³-hybridized carbons (Fsp3) is 0. The number of ketones is 1. The Bertz CT molecular complexity index is 1470. The molecule has 0 unspecified atom stereocenters. The summed E-state index contributed by atoms with van der Waals surface area (Å²) < 4.78 is 57.0. The van der Waals surface area contributed by atoms with E-state index in [2.05, 4.69) is 4.98 Å². The van der Waals surface area contributed by atoms with Crippen molar-refractivity contribution in [3.8, 4) is 23.1 Å². The highest BCUT2D eigenvalue weighted by atomic mass is 19.2. The van der Waals surface area contributed by atoms with E-state index in [9.17, 15) is 32.7 Å². The quantitative estimate of drug-likeness (QED) is 0.144. The van der Waals surface area contributed by atoms with Gasteiger partial charge in [-0.25, -0.2) is 17.6 Å². The third kappa shape index (κ3) is 2.28. The normalized spacial score (nSPS) is 17.5. The molecule has 31 heavy (non-hydrogen) atoms. The summed E-state index contributed by atoms with van der Waals surface area (Å²) >= 11 is 0. The summed E-state index contributed by atoms with van der Waals surface area (Å²) in [7, 11) is 0. The zero-order chi connectivity index (χ0) is 22.0. The summed E-state index contributed by atoms with van der Waals surface area (Å²) in [5.41, 5.74) is -1.04. The second-order valence-corrected chi connectivity index (χ2v) is 6.87. The van der Waals surface area contributed by atoms with Crippen molar-refractivity contribution in [2.24, 2.45) is 0 Å². The number of halogens is 4. The number of rotatable bonds is 0. The molecule has 2 aliphatic carbocycles. The minimum Gasteiger partial charge on any atom is -0.507 e. The van der Waals surface area contributed by atoms with Gasteiger partial charge in [0.15, 0.2) is 29.1 Å². The Kier molecular flexibility index (Phi) is 3.86. The molecule has 0 aliphatic heterocycles. The average molecular weight is 420 g/mol. The van der Waals surface area contributed by atoms with Gasteiger partial charge in [0, 0.05) is 40.1 Å². The van der Waals surface area contributed by atoms with Crippen molar-refractivity contribution in [1.82, 2.24) is 4.98 Å². The third-order valence-corrected chi connectivity index (χ3v) is 5.34. The lowest BCUT2D eigenvalue weighted by molar-refractivity contribution is 0.103. The van der Waals surface area contributed by atoms with Gasteiger partial charge in [-0.2, -0.15) is 5.26 Å². The molecule has 3 aromatic rings. The number of nitrogens with zero attached hydrogens (tertiary/aromatic N) is 2. The molecule has 4 nitrogen and oxygen atoms in total. The van der Waals surface area contributed by atoms with Gasteiger partial charge in [0.25, 0.3) is 0 Å². The summed E-state index contributed by atoms with van der Waals surface area (Å²) in [4.78, 5) is 17.5. The van der Waals surface area contributed by atoms with E-state index >= 15 is 0 Å². The molecule has 5 rings (SSSR count). The van der Waals surface area contributed by atoms with Crippen LogP contribution < -0.4 is 0 Å². The first-order chi connectivity index (χ1) is 14.9. The number of allylic oxidation sites excluding steroid dienone is 3. The van der Waals surface area contributed by atoms with Crippen LogP contribution in [0.15, 0.2) is 48.2 Å². The van der Waals surface area contributed by atoms with Crippen LogP contribution in [-0.2, 0) is 0 Å². The second kappa shape index (κ2) is 6.37. The number of aromatic nitrogens is 1. The molecule has 8 heteroatoms. The van der Waals surface area contributed by atoms with Crippen molar-refractivity contribution < 1.29 is 27.5 Å². The highest BCUT2D eigenvalue weighted by molar-refractivity contribution is 6.33. The molecule has 1 N–H and O–H groups in total. The molecule has 2 aromatic carbocycles. The number of pyridine rings is 1. The number of benzene rings is 2. The number of Topliss-reactive ketones (excluding diaryl/α,β-unsaturated/α-hetero) is 1.